The number of halogens is 3. The Morgan fingerprint density at radius 1 is 1.20 bits per heavy atom. The van der Waals surface area contributed by atoms with Crippen molar-refractivity contribution >= 4 is 38.6 Å². The molecule has 0 bridgehead atoms. The fourth-order valence-electron chi connectivity index (χ4n) is 2.85. The molecule has 0 aliphatic carbocycles. The van der Waals surface area contributed by atoms with Gasteiger partial charge in [0.2, 0.25) is 0 Å². The third kappa shape index (κ3) is 3.73. The highest BCUT2D eigenvalue weighted by atomic mass is 32.1. The zero-order chi connectivity index (χ0) is 21.5. The molecule has 0 aliphatic heterocycles. The molecule has 0 N–H and O–H groups in total. The third-order valence-electron chi connectivity index (χ3n) is 4.23. The lowest BCUT2D eigenvalue weighted by atomic mass is 10.2. The van der Waals surface area contributed by atoms with Gasteiger partial charge in [-0.1, -0.05) is 0 Å². The van der Waals surface area contributed by atoms with Gasteiger partial charge in [0.1, 0.15) is 16.2 Å². The van der Waals surface area contributed by atoms with Crippen LogP contribution in [0.4, 0.5) is 13.2 Å². The topological polar surface area (TPSA) is 99.9 Å². The molecule has 8 nitrogen and oxygen atoms in total. The number of carbonyl (C=O) groups excluding carboxylic acids is 1. The van der Waals surface area contributed by atoms with E-state index in [1.807, 2.05) is 0 Å². The van der Waals surface area contributed by atoms with Crippen molar-refractivity contribution in [2.45, 2.75) is 19.1 Å². The van der Waals surface area contributed by atoms with Crippen LogP contribution in [0.5, 0.6) is 0 Å². The Morgan fingerprint density at radius 3 is 2.63 bits per heavy atom. The van der Waals surface area contributed by atoms with Gasteiger partial charge >= 0.3 is 12.1 Å². The van der Waals surface area contributed by atoms with Gasteiger partial charge in [0.15, 0.2) is 5.52 Å². The number of carbonyl (C=O) groups is 1. The number of ether oxygens (including phenoxy) is 1. The molecule has 1 aromatic carbocycles. The molecular formula is C18H12F3N5O3S. The van der Waals surface area contributed by atoms with E-state index in [4.69, 9.17) is 0 Å². The van der Waals surface area contributed by atoms with Crippen LogP contribution in [0.25, 0.3) is 21.3 Å². The number of aromatic nitrogens is 5. The number of alkyl halides is 3. The lowest BCUT2D eigenvalue weighted by molar-refractivity contribution is -0.140. The number of nitrogens with zero attached hydrogens (tertiary/aromatic N) is 5. The zero-order valence-electron chi connectivity index (χ0n) is 15.3. The van der Waals surface area contributed by atoms with Crippen LogP contribution in [0.2, 0.25) is 0 Å². The van der Waals surface area contributed by atoms with Crippen LogP contribution < -0.4 is 5.56 Å². The largest absolute Gasteiger partial charge is 0.469 e. The Kier molecular flexibility index (Phi) is 4.94. The van der Waals surface area contributed by atoms with E-state index in [2.05, 4.69) is 24.8 Å². The fraction of sp³-hybridized carbons (Fsp3) is 0.222. The summed E-state index contributed by atoms with van der Waals surface area (Å²) in [6.07, 6.45) is -1.98. The van der Waals surface area contributed by atoms with E-state index in [9.17, 15) is 22.8 Å². The Morgan fingerprint density at radius 2 is 1.93 bits per heavy atom. The molecule has 3 heterocycles. The molecule has 0 fully saturated rings. The van der Waals surface area contributed by atoms with Crippen LogP contribution in [0.1, 0.15) is 16.3 Å². The van der Waals surface area contributed by atoms with Gasteiger partial charge in [-0.15, -0.1) is 11.3 Å². The summed E-state index contributed by atoms with van der Waals surface area (Å²) in [5, 5.41) is 4.58. The number of thiazole rings is 1. The van der Waals surface area contributed by atoms with E-state index in [0.29, 0.717) is 9.71 Å². The van der Waals surface area contributed by atoms with E-state index in [1.165, 1.54) is 25.6 Å². The molecule has 4 aromatic rings. The number of rotatable bonds is 4. The van der Waals surface area contributed by atoms with Crippen LogP contribution >= 0.6 is 11.3 Å². The summed E-state index contributed by atoms with van der Waals surface area (Å²) in [5.74, 6) is -0.570. The van der Waals surface area contributed by atoms with E-state index in [1.54, 1.807) is 0 Å². The highest BCUT2D eigenvalue weighted by Crippen LogP contribution is 2.33. The molecule has 0 saturated heterocycles. The van der Waals surface area contributed by atoms with Gasteiger partial charge in [-0.05, 0) is 18.2 Å². The predicted molar refractivity (Wildman–Crippen MR) is 101 cm³/mol. The number of esters is 1. The minimum Gasteiger partial charge on any atom is -0.469 e. The van der Waals surface area contributed by atoms with Crippen LogP contribution in [0.15, 0.2) is 35.4 Å². The number of benzene rings is 1. The van der Waals surface area contributed by atoms with Gasteiger partial charge in [-0.2, -0.15) is 18.3 Å². The number of methoxy groups -OCH3 is 1. The molecule has 154 valence electrons. The lowest BCUT2D eigenvalue weighted by Gasteiger charge is -2.08. The zero-order valence-corrected chi connectivity index (χ0v) is 16.1. The molecule has 0 saturated carbocycles. The highest BCUT2D eigenvalue weighted by Gasteiger charge is 2.30. The third-order valence-corrected chi connectivity index (χ3v) is 5.25. The normalized spacial score (nSPS) is 11.9. The summed E-state index contributed by atoms with van der Waals surface area (Å²) >= 11 is 1.14. The summed E-state index contributed by atoms with van der Waals surface area (Å²) in [5.41, 5.74) is -0.779. The monoisotopic (exact) mass is 435 g/mol. The van der Waals surface area contributed by atoms with Crippen molar-refractivity contribution in [2.24, 2.45) is 0 Å². The first-order valence-corrected chi connectivity index (χ1v) is 9.32. The minimum atomic E-state index is -4.48. The quantitative estimate of drug-likeness (QED) is 0.454. The van der Waals surface area contributed by atoms with Crippen molar-refractivity contribution in [3.05, 3.63) is 57.2 Å². The maximum atomic E-state index is 12.9. The maximum absolute atomic E-state index is 12.9. The van der Waals surface area contributed by atoms with Gasteiger partial charge in [0, 0.05) is 12.4 Å². The highest BCUT2D eigenvalue weighted by molar-refractivity contribution is 7.18. The standard InChI is InChI=1S/C18H12F3N5O3S/c1-29-14(27)7-11-15-16(23-5-4-22-15)17(28)26(25-11)8-13-24-10-6-9(18(19,20)21)2-3-12(10)30-13/h2-6H,7-8H2,1H3. The number of fused-ring (bicyclic) bond motifs is 2. The second-order valence-electron chi connectivity index (χ2n) is 6.20. The van der Waals surface area contributed by atoms with Crippen LogP contribution in [-0.4, -0.2) is 37.8 Å². The summed E-state index contributed by atoms with van der Waals surface area (Å²) in [6.45, 7) is -0.0970. The first-order valence-electron chi connectivity index (χ1n) is 8.50. The summed E-state index contributed by atoms with van der Waals surface area (Å²) in [4.78, 5) is 36.8. The van der Waals surface area contributed by atoms with Crippen molar-refractivity contribution in [1.29, 1.82) is 0 Å². The smallest absolute Gasteiger partial charge is 0.416 e. The molecule has 0 amide bonds. The van der Waals surface area contributed by atoms with E-state index >= 15 is 0 Å². The van der Waals surface area contributed by atoms with Gasteiger partial charge in [-0.3, -0.25) is 14.6 Å². The average Bonchev–Trinajstić information content (AvgIpc) is 3.12. The molecule has 0 spiro atoms. The van der Waals surface area contributed by atoms with Crippen molar-refractivity contribution in [3.63, 3.8) is 0 Å². The molecule has 0 aliphatic rings. The van der Waals surface area contributed by atoms with Crippen LogP contribution in [0, 0.1) is 0 Å². The van der Waals surface area contributed by atoms with Crippen LogP contribution in [-0.2, 0) is 28.7 Å². The Balaban J connectivity index is 1.77. The summed E-state index contributed by atoms with van der Waals surface area (Å²) in [7, 11) is 1.22. The average molecular weight is 435 g/mol. The van der Waals surface area contributed by atoms with E-state index in [-0.39, 0.29) is 35.2 Å². The molecule has 0 atom stereocenters. The van der Waals surface area contributed by atoms with Crippen molar-refractivity contribution in [3.8, 4) is 0 Å². The number of hydrogen-bond acceptors (Lipinski definition) is 8. The Hall–Kier alpha value is -3.41. The Labute approximate surface area is 170 Å². The minimum absolute atomic E-state index is 0.0203. The van der Waals surface area contributed by atoms with E-state index in [0.717, 1.165) is 28.2 Å². The first-order chi connectivity index (χ1) is 14.3. The van der Waals surface area contributed by atoms with Gasteiger partial charge in [0.25, 0.3) is 5.56 Å². The summed E-state index contributed by atoms with van der Waals surface area (Å²) in [6, 6.07) is 3.28. The SMILES string of the molecule is COC(=O)Cc1nn(Cc2nc3cc(C(F)(F)F)ccc3s2)c(=O)c2nccnc12. The molecule has 3 aromatic heterocycles. The van der Waals surface area contributed by atoms with Crippen molar-refractivity contribution < 1.29 is 22.7 Å². The van der Waals surface area contributed by atoms with E-state index < -0.39 is 23.3 Å². The van der Waals surface area contributed by atoms with Crippen molar-refractivity contribution in [1.82, 2.24) is 24.7 Å². The molecule has 0 radical (unpaired) electrons. The lowest BCUT2D eigenvalue weighted by Crippen LogP contribution is -2.27. The second kappa shape index (κ2) is 7.44. The van der Waals surface area contributed by atoms with Gasteiger partial charge in [0.05, 0.1) is 35.9 Å². The molecule has 30 heavy (non-hydrogen) atoms. The van der Waals surface area contributed by atoms with Crippen molar-refractivity contribution in [2.75, 3.05) is 7.11 Å². The van der Waals surface area contributed by atoms with Crippen LogP contribution in [0.3, 0.4) is 0 Å². The molecular weight excluding hydrogens is 423 g/mol. The fourth-order valence-corrected chi connectivity index (χ4v) is 3.78. The second-order valence-corrected chi connectivity index (χ2v) is 7.32. The number of hydrogen-bond donors (Lipinski definition) is 0. The maximum Gasteiger partial charge on any atom is 0.416 e. The van der Waals surface area contributed by atoms with Gasteiger partial charge in [-0.25, -0.2) is 14.6 Å². The predicted octanol–water partition coefficient (Wildman–Crippen LogP) is 2.58. The summed E-state index contributed by atoms with van der Waals surface area (Å²) < 4.78 is 45.0. The molecule has 0 unspecified atom stereocenters. The molecule has 4 rings (SSSR count). The Bertz CT molecular complexity index is 1330. The molecule has 12 heteroatoms. The van der Waals surface area contributed by atoms with Gasteiger partial charge < -0.3 is 4.74 Å². The first kappa shape index (κ1) is 19.9.